The molecule has 0 aliphatic rings. The Hall–Kier alpha value is -3.72. The molecule has 0 fully saturated rings. The molecule has 0 radical (unpaired) electrons. The normalized spacial score (nSPS) is 12.4. The molecule has 0 unspecified atom stereocenters. The van der Waals surface area contributed by atoms with Crippen LogP contribution < -0.4 is 32.6 Å². The van der Waals surface area contributed by atoms with Crippen LogP contribution >= 0.6 is 14.3 Å². The minimum absolute atomic E-state index is 0.249. The van der Waals surface area contributed by atoms with Gasteiger partial charge < -0.3 is 26.8 Å². The van der Waals surface area contributed by atoms with Gasteiger partial charge in [0.15, 0.2) is 22.0 Å². The Morgan fingerprint density at radius 3 is 0.974 bits per heavy atom. The maximum Gasteiger partial charge on any atom is 0.238 e. The molecular formula is C30H26O6P2. The van der Waals surface area contributed by atoms with E-state index in [2.05, 4.69) is 0 Å². The molecule has 4 aromatic heterocycles. The molecule has 0 aliphatic heterocycles. The molecule has 0 atom stereocenters. The minimum Gasteiger partial charge on any atom is -0.458 e. The summed E-state index contributed by atoms with van der Waals surface area (Å²) in [6, 6.07) is 25.2. The van der Waals surface area contributed by atoms with Crippen molar-refractivity contribution in [3.8, 4) is 0 Å². The van der Waals surface area contributed by atoms with E-state index in [0.29, 0.717) is 33.7 Å². The first-order chi connectivity index (χ1) is 18.2. The molecule has 4 heterocycles. The molecule has 6 rings (SSSR count). The van der Waals surface area contributed by atoms with Crippen LogP contribution in [0.4, 0.5) is 0 Å². The van der Waals surface area contributed by atoms with Gasteiger partial charge in [-0.05, 0) is 99.1 Å². The Morgan fingerprint density at radius 1 is 0.447 bits per heavy atom. The van der Waals surface area contributed by atoms with Gasteiger partial charge in [0, 0.05) is 10.6 Å². The lowest BCUT2D eigenvalue weighted by atomic mass is 10.1. The monoisotopic (exact) mass is 544 g/mol. The zero-order valence-corrected chi connectivity index (χ0v) is 23.2. The number of fused-ring (bicyclic) bond motifs is 1. The summed E-state index contributed by atoms with van der Waals surface area (Å²) in [5.74, 6) is 2.43. The molecule has 6 aromatic rings. The fourth-order valence-electron chi connectivity index (χ4n) is 4.78. The van der Waals surface area contributed by atoms with Gasteiger partial charge in [-0.25, -0.2) is 0 Å². The summed E-state index contributed by atoms with van der Waals surface area (Å²) in [6.45, 7) is 7.19. The lowest BCUT2D eigenvalue weighted by Gasteiger charge is -2.23. The Labute approximate surface area is 220 Å². The Kier molecular flexibility index (Phi) is 5.79. The number of furan rings is 4. The second-order valence-electron chi connectivity index (χ2n) is 9.44. The van der Waals surface area contributed by atoms with Crippen LogP contribution in [-0.2, 0) is 9.13 Å². The van der Waals surface area contributed by atoms with Crippen LogP contribution in [0.15, 0.2) is 103 Å². The van der Waals surface area contributed by atoms with Crippen molar-refractivity contribution < 1.29 is 26.8 Å². The van der Waals surface area contributed by atoms with Crippen LogP contribution in [0.1, 0.15) is 23.0 Å². The van der Waals surface area contributed by atoms with Crippen molar-refractivity contribution >= 4 is 57.7 Å². The SMILES string of the molecule is Cc1ccc(P(=O)(c2ccc(C)o2)c2cc3ccccc3cc2P(=O)(c2ccc(C)o2)c2ccc(C)o2)o1. The van der Waals surface area contributed by atoms with Crippen molar-refractivity contribution in [1.29, 1.82) is 0 Å². The molecule has 0 saturated heterocycles. The van der Waals surface area contributed by atoms with Crippen molar-refractivity contribution in [3.63, 3.8) is 0 Å². The summed E-state index contributed by atoms with van der Waals surface area (Å²) >= 11 is 0. The smallest absolute Gasteiger partial charge is 0.238 e. The molecule has 0 amide bonds. The molecule has 192 valence electrons. The number of benzene rings is 2. The lowest BCUT2D eigenvalue weighted by molar-refractivity contribution is 0.531. The van der Waals surface area contributed by atoms with Gasteiger partial charge in [0.1, 0.15) is 23.0 Å². The standard InChI is InChI=1S/C30H26O6P2/c1-19-9-13-27(33-19)37(31,28-14-10-20(2)34-28)25-17-23-7-5-6-8-24(23)18-26(25)38(32,29-15-11-21(3)35-29)30-16-12-22(4)36-30/h5-18H,1-4H3. The molecule has 0 saturated carbocycles. The van der Waals surface area contributed by atoms with Crippen LogP contribution in [0.2, 0.25) is 0 Å². The first kappa shape index (κ1) is 24.6. The maximum absolute atomic E-state index is 15.5. The third-order valence-corrected chi connectivity index (χ3v) is 12.4. The Morgan fingerprint density at radius 2 is 0.737 bits per heavy atom. The summed E-state index contributed by atoms with van der Waals surface area (Å²) in [5.41, 5.74) is 0.995. The van der Waals surface area contributed by atoms with Gasteiger partial charge in [-0.1, -0.05) is 24.3 Å². The first-order valence-corrected chi connectivity index (χ1v) is 15.6. The molecule has 2 aromatic carbocycles. The van der Waals surface area contributed by atoms with Crippen molar-refractivity contribution in [1.82, 2.24) is 0 Å². The van der Waals surface area contributed by atoms with E-state index in [1.165, 1.54) is 0 Å². The van der Waals surface area contributed by atoms with Crippen LogP contribution in [0.25, 0.3) is 10.8 Å². The van der Waals surface area contributed by atoms with E-state index < -0.39 is 14.3 Å². The summed E-state index contributed by atoms with van der Waals surface area (Å²) in [4.78, 5) is 0. The highest BCUT2D eigenvalue weighted by Crippen LogP contribution is 2.50. The Bertz CT molecular complexity index is 1670. The van der Waals surface area contributed by atoms with Crippen LogP contribution in [0.5, 0.6) is 0 Å². The maximum atomic E-state index is 15.5. The van der Waals surface area contributed by atoms with E-state index in [0.717, 1.165) is 10.8 Å². The van der Waals surface area contributed by atoms with Gasteiger partial charge in [0.25, 0.3) is 0 Å². The van der Waals surface area contributed by atoms with E-state index >= 15 is 9.13 Å². The highest BCUT2D eigenvalue weighted by Gasteiger charge is 2.46. The van der Waals surface area contributed by atoms with E-state index in [1.807, 2.05) is 36.4 Å². The summed E-state index contributed by atoms with van der Waals surface area (Å²) in [6.07, 6.45) is 0. The van der Waals surface area contributed by atoms with Gasteiger partial charge in [-0.2, -0.15) is 0 Å². The van der Waals surface area contributed by atoms with Gasteiger partial charge in [0.05, 0.1) is 0 Å². The number of hydrogen-bond donors (Lipinski definition) is 0. The quantitative estimate of drug-likeness (QED) is 0.249. The second kappa shape index (κ2) is 8.94. The molecule has 38 heavy (non-hydrogen) atoms. The second-order valence-corrected chi connectivity index (χ2v) is 14.6. The van der Waals surface area contributed by atoms with Crippen molar-refractivity contribution in [2.45, 2.75) is 27.7 Å². The molecule has 0 bridgehead atoms. The molecule has 0 aliphatic carbocycles. The van der Waals surface area contributed by atoms with E-state index in [9.17, 15) is 0 Å². The largest absolute Gasteiger partial charge is 0.458 e. The lowest BCUT2D eigenvalue weighted by Crippen LogP contribution is -2.38. The Balaban J connectivity index is 1.78. The van der Waals surface area contributed by atoms with E-state index in [1.54, 1.807) is 76.2 Å². The van der Waals surface area contributed by atoms with Gasteiger partial charge >= 0.3 is 0 Å². The fraction of sp³-hybridized carbons (Fsp3) is 0.133. The predicted molar refractivity (Wildman–Crippen MR) is 151 cm³/mol. The molecular weight excluding hydrogens is 518 g/mol. The summed E-state index contributed by atoms with van der Waals surface area (Å²) in [5, 5.41) is 2.39. The molecule has 0 spiro atoms. The highest BCUT2D eigenvalue weighted by molar-refractivity contribution is 7.90. The number of aryl methyl sites for hydroxylation is 4. The van der Waals surface area contributed by atoms with Crippen molar-refractivity contribution in [3.05, 3.63) is 108 Å². The third-order valence-electron chi connectivity index (χ3n) is 6.67. The van der Waals surface area contributed by atoms with Crippen LogP contribution in [0.3, 0.4) is 0 Å². The number of rotatable bonds is 6. The van der Waals surface area contributed by atoms with Gasteiger partial charge in [-0.3, -0.25) is 0 Å². The third kappa shape index (κ3) is 3.79. The summed E-state index contributed by atoms with van der Waals surface area (Å²) < 4.78 is 54.9. The minimum atomic E-state index is -3.79. The van der Waals surface area contributed by atoms with Gasteiger partial charge in [-0.15, -0.1) is 0 Å². The predicted octanol–water partition coefficient (Wildman–Crippen LogP) is 5.72. The fourth-order valence-corrected chi connectivity index (χ4v) is 10.6. The van der Waals surface area contributed by atoms with Gasteiger partial charge in [0.2, 0.25) is 14.3 Å². The van der Waals surface area contributed by atoms with E-state index in [-0.39, 0.29) is 22.0 Å². The zero-order valence-electron chi connectivity index (χ0n) is 21.4. The number of hydrogen-bond acceptors (Lipinski definition) is 6. The highest BCUT2D eigenvalue weighted by atomic mass is 31.2. The average Bonchev–Trinajstić information content (AvgIpc) is 3.72. The zero-order chi connectivity index (χ0) is 26.7. The van der Waals surface area contributed by atoms with Crippen LogP contribution in [0, 0.1) is 27.7 Å². The first-order valence-electron chi connectivity index (χ1n) is 12.2. The van der Waals surface area contributed by atoms with E-state index in [4.69, 9.17) is 17.7 Å². The van der Waals surface area contributed by atoms with Crippen LogP contribution in [-0.4, -0.2) is 0 Å². The van der Waals surface area contributed by atoms with Crippen molar-refractivity contribution in [2.75, 3.05) is 0 Å². The molecule has 0 N–H and O–H groups in total. The molecule has 8 heteroatoms. The topological polar surface area (TPSA) is 86.7 Å². The molecule has 6 nitrogen and oxygen atoms in total. The summed E-state index contributed by atoms with van der Waals surface area (Å²) in [7, 11) is -7.58. The average molecular weight is 544 g/mol. The van der Waals surface area contributed by atoms with Crippen molar-refractivity contribution in [2.24, 2.45) is 0 Å².